The number of aromatic nitrogens is 1. The van der Waals surface area contributed by atoms with Gasteiger partial charge in [0.05, 0.1) is 18.5 Å². The molecular formula is C23H21BrN2O2. The maximum atomic E-state index is 12.5. The van der Waals surface area contributed by atoms with E-state index in [0.717, 1.165) is 28.2 Å². The first kappa shape index (κ1) is 20.0. The van der Waals surface area contributed by atoms with Crippen molar-refractivity contribution in [3.05, 3.63) is 101 Å². The number of halogens is 1. The quantitative estimate of drug-likeness (QED) is 0.309. The van der Waals surface area contributed by atoms with Gasteiger partial charge in [0.15, 0.2) is 6.04 Å². The van der Waals surface area contributed by atoms with E-state index >= 15 is 0 Å². The molecular weight excluding hydrogens is 416 g/mol. The number of pyridine rings is 1. The molecule has 28 heavy (non-hydrogen) atoms. The molecule has 1 aromatic heterocycles. The number of hydrogen-bond acceptors (Lipinski definition) is 4. The standard InChI is InChI=1S/C23H21BrN2O2/c1-28-23(27)21(15-19-13-8-14-20(16-24)25-19)26-22(17-9-4-2-5-10-17)18-11-6-3-7-12-18/h2-14,21H,15-16H2,1H3/t21-/m0/s1. The molecule has 0 bridgehead atoms. The number of hydrogen-bond donors (Lipinski definition) is 0. The van der Waals surface area contributed by atoms with Gasteiger partial charge in [-0.1, -0.05) is 82.7 Å². The van der Waals surface area contributed by atoms with E-state index in [1.807, 2.05) is 78.9 Å². The maximum absolute atomic E-state index is 12.5. The third-order valence-corrected chi connectivity index (χ3v) is 4.83. The SMILES string of the molecule is COC(=O)[C@H](Cc1cccc(CBr)n1)N=C(c1ccccc1)c1ccccc1. The minimum absolute atomic E-state index is 0.372. The third-order valence-electron chi connectivity index (χ3n) is 4.26. The fraction of sp³-hybridized carbons (Fsp3) is 0.174. The van der Waals surface area contributed by atoms with E-state index in [4.69, 9.17) is 9.73 Å². The lowest BCUT2D eigenvalue weighted by atomic mass is 10.0. The molecule has 0 amide bonds. The van der Waals surface area contributed by atoms with Crippen LogP contribution in [0.15, 0.2) is 83.9 Å². The summed E-state index contributed by atoms with van der Waals surface area (Å²) in [5.74, 6) is -0.379. The number of rotatable bonds is 7. The Morgan fingerprint density at radius 2 is 1.50 bits per heavy atom. The molecule has 0 fully saturated rings. The van der Waals surface area contributed by atoms with Crippen LogP contribution in [0, 0.1) is 0 Å². The van der Waals surface area contributed by atoms with Gasteiger partial charge in [-0.15, -0.1) is 0 Å². The number of alkyl halides is 1. The largest absolute Gasteiger partial charge is 0.467 e. The van der Waals surface area contributed by atoms with Gasteiger partial charge in [-0.25, -0.2) is 4.79 Å². The summed E-state index contributed by atoms with van der Waals surface area (Å²) in [6.07, 6.45) is 0.372. The van der Waals surface area contributed by atoms with E-state index in [1.165, 1.54) is 7.11 Å². The molecule has 0 unspecified atom stereocenters. The van der Waals surface area contributed by atoms with E-state index < -0.39 is 6.04 Å². The van der Waals surface area contributed by atoms with Crippen LogP contribution in [0.4, 0.5) is 0 Å². The lowest BCUT2D eigenvalue weighted by Crippen LogP contribution is -2.25. The average Bonchev–Trinajstić information content (AvgIpc) is 2.77. The van der Waals surface area contributed by atoms with Crippen molar-refractivity contribution in [2.75, 3.05) is 7.11 Å². The van der Waals surface area contributed by atoms with Gasteiger partial charge in [0.25, 0.3) is 0 Å². The minimum Gasteiger partial charge on any atom is -0.467 e. The molecule has 2 aromatic carbocycles. The van der Waals surface area contributed by atoms with Gasteiger partial charge >= 0.3 is 5.97 Å². The first-order valence-electron chi connectivity index (χ1n) is 8.98. The van der Waals surface area contributed by atoms with Gasteiger partial charge in [-0.3, -0.25) is 9.98 Å². The van der Waals surface area contributed by atoms with Crippen LogP contribution < -0.4 is 0 Å². The number of methoxy groups -OCH3 is 1. The van der Waals surface area contributed by atoms with Gasteiger partial charge < -0.3 is 4.74 Å². The minimum atomic E-state index is -0.682. The zero-order valence-electron chi connectivity index (χ0n) is 15.6. The molecule has 0 N–H and O–H groups in total. The molecule has 3 aromatic rings. The second-order valence-electron chi connectivity index (χ2n) is 6.21. The highest BCUT2D eigenvalue weighted by atomic mass is 79.9. The summed E-state index contributed by atoms with van der Waals surface area (Å²) in [6, 6.07) is 24.8. The van der Waals surface area contributed by atoms with Gasteiger partial charge in [-0.2, -0.15) is 0 Å². The molecule has 142 valence electrons. The van der Waals surface area contributed by atoms with Crippen molar-refractivity contribution < 1.29 is 9.53 Å². The number of ether oxygens (including phenoxy) is 1. The Hall–Kier alpha value is -2.79. The van der Waals surface area contributed by atoms with Crippen LogP contribution in [-0.4, -0.2) is 29.8 Å². The maximum Gasteiger partial charge on any atom is 0.331 e. The zero-order chi connectivity index (χ0) is 19.8. The van der Waals surface area contributed by atoms with Crippen molar-refractivity contribution >= 4 is 27.6 Å². The second kappa shape index (κ2) is 9.95. The van der Waals surface area contributed by atoms with Crippen LogP contribution in [0.2, 0.25) is 0 Å². The highest BCUT2D eigenvalue weighted by Gasteiger charge is 2.21. The summed E-state index contributed by atoms with van der Waals surface area (Å²) in [4.78, 5) is 21.9. The summed E-state index contributed by atoms with van der Waals surface area (Å²) >= 11 is 3.42. The second-order valence-corrected chi connectivity index (χ2v) is 6.77. The summed E-state index contributed by atoms with van der Waals surface area (Å²) in [7, 11) is 1.39. The summed E-state index contributed by atoms with van der Waals surface area (Å²) in [5.41, 5.74) is 4.37. The molecule has 0 aliphatic carbocycles. The van der Waals surface area contributed by atoms with Crippen LogP contribution in [0.1, 0.15) is 22.5 Å². The van der Waals surface area contributed by atoms with Crippen LogP contribution in [0.5, 0.6) is 0 Å². The fourth-order valence-corrected chi connectivity index (χ4v) is 3.21. The van der Waals surface area contributed by atoms with Crippen molar-refractivity contribution in [1.82, 2.24) is 4.98 Å². The highest BCUT2D eigenvalue weighted by molar-refractivity contribution is 9.08. The Morgan fingerprint density at radius 1 is 0.929 bits per heavy atom. The molecule has 0 saturated heterocycles. The average molecular weight is 437 g/mol. The Kier molecular flexibility index (Phi) is 7.09. The molecule has 1 atom stereocenters. The van der Waals surface area contributed by atoms with Crippen molar-refractivity contribution in [1.29, 1.82) is 0 Å². The predicted molar refractivity (Wildman–Crippen MR) is 115 cm³/mol. The molecule has 0 radical (unpaired) electrons. The van der Waals surface area contributed by atoms with Crippen molar-refractivity contribution in [2.24, 2.45) is 4.99 Å². The smallest absolute Gasteiger partial charge is 0.331 e. The predicted octanol–water partition coefficient (Wildman–Crippen LogP) is 4.60. The van der Waals surface area contributed by atoms with Crippen molar-refractivity contribution in [2.45, 2.75) is 17.8 Å². The summed E-state index contributed by atoms with van der Waals surface area (Å²) < 4.78 is 5.03. The molecule has 1 heterocycles. The number of nitrogens with zero attached hydrogens (tertiary/aromatic N) is 2. The molecule has 0 aliphatic rings. The molecule has 0 aliphatic heterocycles. The number of benzene rings is 2. The van der Waals surface area contributed by atoms with Crippen LogP contribution in [0.3, 0.4) is 0 Å². The van der Waals surface area contributed by atoms with E-state index in [9.17, 15) is 4.79 Å². The molecule has 4 nitrogen and oxygen atoms in total. The van der Waals surface area contributed by atoms with Crippen LogP contribution in [-0.2, 0) is 21.3 Å². The molecule has 0 saturated carbocycles. The monoisotopic (exact) mass is 436 g/mol. The Morgan fingerprint density at radius 3 is 2.04 bits per heavy atom. The third kappa shape index (κ3) is 5.14. The van der Waals surface area contributed by atoms with Crippen LogP contribution in [0.25, 0.3) is 0 Å². The number of carbonyl (C=O) groups excluding carboxylic acids is 1. The molecule has 5 heteroatoms. The Balaban J connectivity index is 2.03. The van der Waals surface area contributed by atoms with E-state index in [-0.39, 0.29) is 5.97 Å². The number of carbonyl (C=O) groups is 1. The molecule has 3 rings (SSSR count). The lowest BCUT2D eigenvalue weighted by Gasteiger charge is -2.14. The number of esters is 1. The number of aliphatic imine (C=N–C) groups is 1. The van der Waals surface area contributed by atoms with Crippen molar-refractivity contribution in [3.63, 3.8) is 0 Å². The summed E-state index contributed by atoms with van der Waals surface area (Å²) in [6.45, 7) is 0. The Bertz CT molecular complexity index is 902. The summed E-state index contributed by atoms with van der Waals surface area (Å²) in [5, 5.41) is 0.659. The Labute approximate surface area is 173 Å². The first-order valence-corrected chi connectivity index (χ1v) is 10.1. The van der Waals surface area contributed by atoms with Gasteiger partial charge in [-0.05, 0) is 12.1 Å². The van der Waals surface area contributed by atoms with E-state index in [1.54, 1.807) is 0 Å². The van der Waals surface area contributed by atoms with Gasteiger partial charge in [0, 0.05) is 28.6 Å². The van der Waals surface area contributed by atoms with E-state index in [0.29, 0.717) is 11.8 Å². The zero-order valence-corrected chi connectivity index (χ0v) is 17.2. The van der Waals surface area contributed by atoms with Crippen LogP contribution >= 0.6 is 15.9 Å². The highest BCUT2D eigenvalue weighted by Crippen LogP contribution is 2.15. The topological polar surface area (TPSA) is 51.5 Å². The van der Waals surface area contributed by atoms with Gasteiger partial charge in [0.1, 0.15) is 0 Å². The lowest BCUT2D eigenvalue weighted by molar-refractivity contribution is -0.142. The first-order chi connectivity index (χ1) is 13.7. The fourth-order valence-electron chi connectivity index (χ4n) is 2.90. The molecule has 0 spiro atoms. The normalized spacial score (nSPS) is 11.5. The van der Waals surface area contributed by atoms with Gasteiger partial charge in [0.2, 0.25) is 0 Å². The van der Waals surface area contributed by atoms with E-state index in [2.05, 4.69) is 20.9 Å². The van der Waals surface area contributed by atoms with Crippen molar-refractivity contribution in [3.8, 4) is 0 Å².